The number of hydrogen-bond donors (Lipinski definition) is 2. The predicted molar refractivity (Wildman–Crippen MR) is 93.6 cm³/mol. The number of carbonyl (C=O) groups excluding carboxylic acids is 1. The van der Waals surface area contributed by atoms with Crippen molar-refractivity contribution in [3.8, 4) is 0 Å². The van der Waals surface area contributed by atoms with Crippen LogP contribution in [0.15, 0.2) is 0 Å². The van der Waals surface area contributed by atoms with Gasteiger partial charge in [-0.3, -0.25) is 9.59 Å². The Hall–Kier alpha value is -1.14. The van der Waals surface area contributed by atoms with E-state index in [0.29, 0.717) is 17.4 Å². The summed E-state index contributed by atoms with van der Waals surface area (Å²) in [5.74, 6) is -1.51. The number of rotatable bonds is 14. The van der Waals surface area contributed by atoms with E-state index in [9.17, 15) is 14.7 Å². The lowest BCUT2D eigenvalue weighted by Crippen LogP contribution is -2.44. The second-order valence-electron chi connectivity index (χ2n) is 7.60. The fourth-order valence-electron chi connectivity index (χ4n) is 2.64. The number of carboxylic acids is 1. The predicted octanol–water partition coefficient (Wildman–Crippen LogP) is 2.58. The van der Waals surface area contributed by atoms with Gasteiger partial charge in [-0.05, 0) is 6.42 Å². The van der Waals surface area contributed by atoms with Gasteiger partial charge < -0.3 is 19.4 Å². The van der Waals surface area contributed by atoms with Crippen molar-refractivity contribution in [2.24, 2.45) is 0 Å². The van der Waals surface area contributed by atoms with E-state index in [1.165, 1.54) is 19.3 Å². The maximum atomic E-state index is 11.9. The van der Waals surface area contributed by atoms with Crippen LogP contribution in [0.4, 0.5) is 0 Å². The number of nitrogens with zero attached hydrogens (tertiary/aromatic N) is 1. The summed E-state index contributed by atoms with van der Waals surface area (Å²) in [7, 11) is 5.74. The molecule has 6 nitrogen and oxygen atoms in total. The number of ether oxygens (including phenoxy) is 1. The van der Waals surface area contributed by atoms with E-state index in [2.05, 4.69) is 6.92 Å². The molecule has 2 unspecified atom stereocenters. The van der Waals surface area contributed by atoms with Gasteiger partial charge in [-0.15, -0.1) is 0 Å². The SMILES string of the molecule is CCCCCCCCC(O)CC(=O)OC(CC(=O)O)C[N+](C)(C)C. The lowest BCUT2D eigenvalue weighted by Gasteiger charge is -2.28. The van der Waals surface area contributed by atoms with Crippen molar-refractivity contribution < 1.29 is 29.0 Å². The summed E-state index contributed by atoms with van der Waals surface area (Å²) < 4.78 is 5.78. The molecule has 0 aliphatic rings. The van der Waals surface area contributed by atoms with Crippen LogP contribution in [0.2, 0.25) is 0 Å². The van der Waals surface area contributed by atoms with Crippen LogP contribution >= 0.6 is 0 Å². The molecule has 0 amide bonds. The molecule has 6 heteroatoms. The topological polar surface area (TPSA) is 83.8 Å². The number of likely N-dealkylation sites (N-methyl/N-ethyl adjacent to an activating group) is 1. The van der Waals surface area contributed by atoms with Gasteiger partial charge in [0.25, 0.3) is 0 Å². The number of unbranched alkanes of at least 4 members (excludes halogenated alkanes) is 5. The third-order valence-electron chi connectivity index (χ3n) is 3.74. The van der Waals surface area contributed by atoms with Gasteiger partial charge in [0.15, 0.2) is 6.10 Å². The molecule has 2 atom stereocenters. The van der Waals surface area contributed by atoms with Gasteiger partial charge in [0.2, 0.25) is 0 Å². The summed E-state index contributed by atoms with van der Waals surface area (Å²) in [5, 5.41) is 18.9. The highest BCUT2D eigenvalue weighted by molar-refractivity contribution is 5.71. The molecule has 0 aromatic heterocycles. The lowest BCUT2D eigenvalue weighted by atomic mass is 10.1. The Bertz CT molecular complexity index is 365. The molecule has 0 aromatic rings. The summed E-state index contributed by atoms with van der Waals surface area (Å²) in [6, 6.07) is 0. The van der Waals surface area contributed by atoms with Gasteiger partial charge >= 0.3 is 11.9 Å². The Morgan fingerprint density at radius 2 is 1.58 bits per heavy atom. The molecule has 0 aliphatic heterocycles. The van der Waals surface area contributed by atoms with Crippen molar-refractivity contribution in [1.29, 1.82) is 0 Å². The van der Waals surface area contributed by atoms with Crippen molar-refractivity contribution in [1.82, 2.24) is 0 Å². The summed E-state index contributed by atoms with van der Waals surface area (Å²) in [6.45, 7) is 2.59. The number of hydrogen-bond acceptors (Lipinski definition) is 4. The van der Waals surface area contributed by atoms with Crippen LogP contribution in [-0.2, 0) is 14.3 Å². The first-order valence-electron chi connectivity index (χ1n) is 9.03. The van der Waals surface area contributed by atoms with Crippen molar-refractivity contribution in [2.75, 3.05) is 27.7 Å². The molecular weight excluding hydrogens is 310 g/mol. The Morgan fingerprint density at radius 3 is 2.12 bits per heavy atom. The molecule has 142 valence electrons. The first kappa shape index (κ1) is 22.9. The summed E-state index contributed by atoms with van der Waals surface area (Å²) in [5.41, 5.74) is 0. The molecule has 0 bridgehead atoms. The molecule has 0 saturated carbocycles. The van der Waals surface area contributed by atoms with Crippen molar-refractivity contribution in [3.05, 3.63) is 0 Å². The van der Waals surface area contributed by atoms with E-state index in [0.717, 1.165) is 19.3 Å². The Balaban J connectivity index is 4.10. The van der Waals surface area contributed by atoms with Gasteiger partial charge in [-0.1, -0.05) is 45.4 Å². The van der Waals surface area contributed by atoms with E-state index < -0.39 is 24.1 Å². The minimum absolute atomic E-state index is 0.0672. The van der Waals surface area contributed by atoms with Crippen LogP contribution in [0.1, 0.15) is 64.7 Å². The van der Waals surface area contributed by atoms with E-state index in [-0.39, 0.29) is 12.8 Å². The van der Waals surface area contributed by atoms with Crippen molar-refractivity contribution >= 4 is 11.9 Å². The number of quaternary nitrogens is 1. The van der Waals surface area contributed by atoms with Crippen molar-refractivity contribution in [3.63, 3.8) is 0 Å². The van der Waals surface area contributed by atoms with E-state index in [4.69, 9.17) is 9.84 Å². The molecule has 0 saturated heterocycles. The smallest absolute Gasteiger partial charge is 0.308 e. The zero-order chi connectivity index (χ0) is 18.6. The Labute approximate surface area is 146 Å². The quantitative estimate of drug-likeness (QED) is 0.287. The van der Waals surface area contributed by atoms with Crippen LogP contribution in [-0.4, -0.2) is 66.5 Å². The monoisotopic (exact) mass is 346 g/mol. The second kappa shape index (κ2) is 12.3. The normalized spacial score (nSPS) is 14.2. The van der Waals surface area contributed by atoms with Gasteiger partial charge in [0.1, 0.15) is 6.54 Å². The molecule has 0 heterocycles. The maximum absolute atomic E-state index is 11.9. The fraction of sp³-hybridized carbons (Fsp3) is 0.889. The first-order valence-corrected chi connectivity index (χ1v) is 9.03. The third-order valence-corrected chi connectivity index (χ3v) is 3.74. The lowest BCUT2D eigenvalue weighted by molar-refractivity contribution is -0.873. The maximum Gasteiger partial charge on any atom is 0.308 e. The third kappa shape index (κ3) is 14.5. The Morgan fingerprint density at radius 1 is 1.00 bits per heavy atom. The van der Waals surface area contributed by atoms with Crippen molar-refractivity contribution in [2.45, 2.75) is 76.9 Å². The van der Waals surface area contributed by atoms with E-state index in [1.807, 2.05) is 21.1 Å². The molecule has 0 radical (unpaired) electrons. The number of esters is 1. The average Bonchev–Trinajstić information content (AvgIpc) is 2.39. The zero-order valence-electron chi connectivity index (χ0n) is 15.8. The van der Waals surface area contributed by atoms with Crippen LogP contribution in [0.5, 0.6) is 0 Å². The highest BCUT2D eigenvalue weighted by atomic mass is 16.5. The molecule has 0 rings (SSSR count). The highest BCUT2D eigenvalue weighted by Crippen LogP contribution is 2.12. The molecule has 2 N–H and O–H groups in total. The fourth-order valence-corrected chi connectivity index (χ4v) is 2.64. The van der Waals surface area contributed by atoms with Gasteiger partial charge in [-0.2, -0.15) is 0 Å². The van der Waals surface area contributed by atoms with Crippen LogP contribution in [0, 0.1) is 0 Å². The molecule has 0 fully saturated rings. The van der Waals surface area contributed by atoms with Crippen LogP contribution in [0.3, 0.4) is 0 Å². The Kier molecular flexibility index (Phi) is 11.7. The van der Waals surface area contributed by atoms with Crippen LogP contribution in [0.25, 0.3) is 0 Å². The number of carbonyl (C=O) groups is 2. The molecule has 24 heavy (non-hydrogen) atoms. The number of aliphatic carboxylic acids is 1. The minimum Gasteiger partial charge on any atom is -0.481 e. The average molecular weight is 346 g/mol. The molecule has 0 aromatic carbocycles. The standard InChI is InChI=1S/C18H35NO5/c1-5-6-7-8-9-10-11-15(20)12-18(23)24-16(13-17(21)22)14-19(2,3)4/h15-16,20H,5-14H2,1-4H3/p+1. The van der Waals surface area contributed by atoms with Crippen LogP contribution < -0.4 is 0 Å². The number of aliphatic hydroxyl groups is 1. The molecule has 0 spiro atoms. The zero-order valence-corrected chi connectivity index (χ0v) is 15.8. The molecule has 0 aliphatic carbocycles. The molecular formula is C18H36NO5+. The largest absolute Gasteiger partial charge is 0.481 e. The van der Waals surface area contributed by atoms with Gasteiger partial charge in [-0.25, -0.2) is 0 Å². The first-order chi connectivity index (χ1) is 11.1. The number of aliphatic hydroxyl groups excluding tert-OH is 1. The summed E-state index contributed by atoms with van der Waals surface area (Å²) in [4.78, 5) is 22.8. The second-order valence-corrected chi connectivity index (χ2v) is 7.60. The van der Waals surface area contributed by atoms with E-state index >= 15 is 0 Å². The summed E-state index contributed by atoms with van der Waals surface area (Å²) in [6.07, 6.45) is 5.72. The minimum atomic E-state index is -0.992. The van der Waals surface area contributed by atoms with Gasteiger partial charge in [0, 0.05) is 0 Å². The van der Waals surface area contributed by atoms with Gasteiger partial charge in [0.05, 0.1) is 40.1 Å². The highest BCUT2D eigenvalue weighted by Gasteiger charge is 2.25. The summed E-state index contributed by atoms with van der Waals surface area (Å²) >= 11 is 0. The van der Waals surface area contributed by atoms with E-state index in [1.54, 1.807) is 0 Å². The number of carboxylic acid groups (broad SMARTS) is 1.